The van der Waals surface area contributed by atoms with E-state index in [9.17, 15) is 9.59 Å². The molecule has 2 atom stereocenters. The zero-order valence-electron chi connectivity index (χ0n) is 16.9. The fourth-order valence-electron chi connectivity index (χ4n) is 3.20. The van der Waals surface area contributed by atoms with Gasteiger partial charge in [0, 0.05) is 17.3 Å². The summed E-state index contributed by atoms with van der Waals surface area (Å²) in [5.74, 6) is 2.86. The summed E-state index contributed by atoms with van der Waals surface area (Å²) in [5.41, 5.74) is 2.24. The summed E-state index contributed by atoms with van der Waals surface area (Å²) in [6.45, 7) is 0. The molecule has 0 bridgehead atoms. The van der Waals surface area contributed by atoms with Crippen LogP contribution in [0.5, 0.6) is 0 Å². The molecule has 1 heterocycles. The van der Waals surface area contributed by atoms with E-state index in [1.807, 2.05) is 60.9 Å². The maximum absolute atomic E-state index is 13.0. The number of para-hydroxylation sites is 1. The van der Waals surface area contributed by atoms with Crippen LogP contribution in [0, 0.1) is 12.3 Å². The predicted octanol–water partition coefficient (Wildman–Crippen LogP) is 3.38. The summed E-state index contributed by atoms with van der Waals surface area (Å²) in [7, 11) is 0. The molecule has 3 N–H and O–H groups in total. The fraction of sp³-hybridized carbons (Fsp3) is 0.250. The molecule has 0 fully saturated rings. The molecule has 0 saturated heterocycles. The van der Waals surface area contributed by atoms with E-state index in [4.69, 9.17) is 6.42 Å². The lowest BCUT2D eigenvalue weighted by Crippen LogP contribution is -2.50. The van der Waals surface area contributed by atoms with Gasteiger partial charge in [0.05, 0.1) is 6.04 Å². The molecule has 0 radical (unpaired) electrons. The molecule has 3 rings (SSSR count). The molecule has 0 saturated carbocycles. The van der Waals surface area contributed by atoms with Crippen LogP contribution in [0.25, 0.3) is 10.9 Å². The predicted molar refractivity (Wildman–Crippen MR) is 123 cm³/mol. The van der Waals surface area contributed by atoms with E-state index in [1.165, 1.54) is 0 Å². The Labute approximate surface area is 181 Å². The summed E-state index contributed by atoms with van der Waals surface area (Å²) < 4.78 is 0. The largest absolute Gasteiger partial charge is 0.351 e. The van der Waals surface area contributed by atoms with Crippen molar-refractivity contribution in [1.82, 2.24) is 15.6 Å². The van der Waals surface area contributed by atoms with Gasteiger partial charge in [0.15, 0.2) is 0 Å². The van der Waals surface area contributed by atoms with Crippen molar-refractivity contribution in [1.29, 1.82) is 0 Å². The second-order valence-corrected chi connectivity index (χ2v) is 7.98. The van der Waals surface area contributed by atoms with Gasteiger partial charge in [-0.1, -0.05) is 54.5 Å². The summed E-state index contributed by atoms with van der Waals surface area (Å²) >= 11 is 1.67. The Kier molecular flexibility index (Phi) is 7.58. The minimum absolute atomic E-state index is 0.285. The van der Waals surface area contributed by atoms with Gasteiger partial charge >= 0.3 is 0 Å². The van der Waals surface area contributed by atoms with Gasteiger partial charge in [0.2, 0.25) is 5.91 Å². The zero-order valence-corrected chi connectivity index (χ0v) is 17.7. The van der Waals surface area contributed by atoms with Crippen molar-refractivity contribution in [3.05, 3.63) is 71.9 Å². The third-order valence-corrected chi connectivity index (χ3v) is 5.45. The molecule has 0 aliphatic rings. The average Bonchev–Trinajstić information content (AvgIpc) is 3.21. The lowest BCUT2D eigenvalue weighted by Gasteiger charge is -2.21. The number of benzene rings is 2. The minimum atomic E-state index is -0.739. The van der Waals surface area contributed by atoms with Crippen molar-refractivity contribution in [3.63, 3.8) is 0 Å². The van der Waals surface area contributed by atoms with Gasteiger partial charge in [0.25, 0.3) is 5.91 Å². The van der Waals surface area contributed by atoms with E-state index in [2.05, 4.69) is 21.5 Å². The van der Waals surface area contributed by atoms with Gasteiger partial charge in [-0.3, -0.25) is 9.59 Å². The number of hydrogen-bond donors (Lipinski definition) is 3. The van der Waals surface area contributed by atoms with E-state index in [-0.39, 0.29) is 17.9 Å². The normalized spacial score (nSPS) is 12.7. The maximum atomic E-state index is 13.0. The second-order valence-electron chi connectivity index (χ2n) is 7.00. The van der Waals surface area contributed by atoms with Crippen LogP contribution >= 0.6 is 11.8 Å². The summed E-state index contributed by atoms with van der Waals surface area (Å²) in [5, 5.41) is 6.70. The van der Waals surface area contributed by atoms with Crippen molar-refractivity contribution < 1.29 is 9.59 Å². The third kappa shape index (κ3) is 5.68. The lowest BCUT2D eigenvalue weighted by molar-refractivity contribution is -0.123. The smallest absolute Gasteiger partial charge is 0.268 e. The number of aromatic nitrogens is 1. The first-order chi connectivity index (χ1) is 14.6. The SMILES string of the molecule is C#C[C@H](CCSC)NC(=O)[C@H](Cc1ccccc1)NC(=O)c1cc2ccccc2[nH]1. The molecular weight excluding hydrogens is 394 g/mol. The standard InChI is InChI=1S/C24H25N3O2S/c1-3-19(13-14-30-2)25-23(28)21(15-17-9-5-4-6-10-17)27-24(29)22-16-18-11-7-8-12-20(18)26-22/h1,4-12,16,19,21,26H,13-15H2,2H3,(H,25,28)(H,27,29)/t19-,21+/m1/s1. The van der Waals surface area contributed by atoms with Crippen molar-refractivity contribution >= 4 is 34.5 Å². The van der Waals surface area contributed by atoms with Crippen molar-refractivity contribution in [3.8, 4) is 12.3 Å². The number of nitrogens with one attached hydrogen (secondary N) is 3. The Morgan fingerprint density at radius 1 is 1.10 bits per heavy atom. The molecule has 3 aromatic rings. The maximum Gasteiger partial charge on any atom is 0.268 e. The van der Waals surface area contributed by atoms with Gasteiger partial charge in [-0.25, -0.2) is 0 Å². The highest BCUT2D eigenvalue weighted by atomic mass is 32.2. The molecule has 30 heavy (non-hydrogen) atoms. The van der Waals surface area contributed by atoms with E-state index in [0.29, 0.717) is 18.5 Å². The van der Waals surface area contributed by atoms with Crippen LogP contribution < -0.4 is 10.6 Å². The molecule has 2 aromatic carbocycles. The quantitative estimate of drug-likeness (QED) is 0.466. The molecule has 0 spiro atoms. The summed E-state index contributed by atoms with van der Waals surface area (Å²) in [4.78, 5) is 29.0. The van der Waals surface area contributed by atoms with Crippen molar-refractivity contribution in [2.24, 2.45) is 0 Å². The summed E-state index contributed by atoms with van der Waals surface area (Å²) in [6, 6.07) is 17.9. The molecule has 0 aliphatic carbocycles. The van der Waals surface area contributed by atoms with Crippen LogP contribution in [-0.2, 0) is 11.2 Å². The van der Waals surface area contributed by atoms with Crippen LogP contribution in [0.2, 0.25) is 0 Å². The Morgan fingerprint density at radius 3 is 2.53 bits per heavy atom. The number of H-pyrrole nitrogens is 1. The first-order valence-electron chi connectivity index (χ1n) is 9.78. The van der Waals surface area contributed by atoms with Crippen LogP contribution in [0.3, 0.4) is 0 Å². The van der Waals surface area contributed by atoms with Crippen LogP contribution in [-0.4, -0.2) is 40.9 Å². The van der Waals surface area contributed by atoms with Crippen LogP contribution in [0.1, 0.15) is 22.5 Å². The average molecular weight is 420 g/mol. The highest BCUT2D eigenvalue weighted by Gasteiger charge is 2.24. The molecule has 2 amide bonds. The fourth-order valence-corrected chi connectivity index (χ4v) is 3.67. The topological polar surface area (TPSA) is 74.0 Å². The number of fused-ring (bicyclic) bond motifs is 1. The number of terminal acetylenes is 1. The Hall–Kier alpha value is -3.17. The van der Waals surface area contributed by atoms with E-state index < -0.39 is 6.04 Å². The number of carbonyl (C=O) groups is 2. The Morgan fingerprint density at radius 2 is 1.83 bits per heavy atom. The number of carbonyl (C=O) groups excluding carboxylic acids is 2. The molecule has 1 aromatic heterocycles. The summed E-state index contributed by atoms with van der Waals surface area (Å²) in [6.07, 6.45) is 8.63. The monoisotopic (exact) mass is 419 g/mol. The second kappa shape index (κ2) is 10.6. The van der Waals surface area contributed by atoms with Crippen LogP contribution in [0.15, 0.2) is 60.7 Å². The van der Waals surface area contributed by atoms with Gasteiger partial charge in [0.1, 0.15) is 11.7 Å². The Balaban J connectivity index is 1.76. The number of hydrogen-bond acceptors (Lipinski definition) is 3. The Bertz CT molecular complexity index is 1010. The van der Waals surface area contributed by atoms with E-state index >= 15 is 0 Å². The minimum Gasteiger partial charge on any atom is -0.351 e. The third-order valence-electron chi connectivity index (χ3n) is 4.81. The number of rotatable bonds is 9. The molecule has 154 valence electrons. The first-order valence-corrected chi connectivity index (χ1v) is 11.2. The van der Waals surface area contributed by atoms with E-state index in [1.54, 1.807) is 17.8 Å². The van der Waals surface area contributed by atoms with Crippen molar-refractivity contribution in [2.45, 2.75) is 24.9 Å². The molecule has 6 heteroatoms. The molecule has 5 nitrogen and oxygen atoms in total. The van der Waals surface area contributed by atoms with Gasteiger partial charge in [-0.05, 0) is 36.1 Å². The van der Waals surface area contributed by atoms with Crippen molar-refractivity contribution in [2.75, 3.05) is 12.0 Å². The number of amides is 2. The van der Waals surface area contributed by atoms with Gasteiger partial charge in [-0.15, -0.1) is 6.42 Å². The highest BCUT2D eigenvalue weighted by molar-refractivity contribution is 7.98. The molecule has 0 unspecified atom stereocenters. The van der Waals surface area contributed by atoms with E-state index in [0.717, 1.165) is 22.2 Å². The highest BCUT2D eigenvalue weighted by Crippen LogP contribution is 2.15. The zero-order chi connectivity index (χ0) is 21.3. The molecular formula is C24H25N3O2S. The lowest BCUT2D eigenvalue weighted by atomic mass is 10.0. The number of thioether (sulfide) groups is 1. The van der Waals surface area contributed by atoms with Gasteiger partial charge < -0.3 is 15.6 Å². The molecule has 0 aliphatic heterocycles. The van der Waals surface area contributed by atoms with Gasteiger partial charge in [-0.2, -0.15) is 11.8 Å². The number of aromatic amines is 1. The first kappa shape index (κ1) is 21.5. The van der Waals surface area contributed by atoms with Crippen LogP contribution in [0.4, 0.5) is 0 Å².